The number of hydrogen-bond acceptors (Lipinski definition) is 3. The maximum Gasteiger partial charge on any atom is 0.120 e. The Morgan fingerprint density at radius 3 is 2.46 bits per heavy atom. The molecule has 4 rings (SSSR count). The number of piperidine rings is 1. The highest BCUT2D eigenvalue weighted by Gasteiger charge is 2.21. The number of benzene rings is 1. The molecule has 0 amide bonds. The van der Waals surface area contributed by atoms with Crippen LogP contribution in [0.1, 0.15) is 30.1 Å². The van der Waals surface area contributed by atoms with Crippen LogP contribution >= 0.6 is 0 Å². The van der Waals surface area contributed by atoms with Crippen molar-refractivity contribution in [2.24, 2.45) is 0 Å². The van der Waals surface area contributed by atoms with Crippen molar-refractivity contribution in [3.05, 3.63) is 72.4 Å². The molecule has 3 aromatic rings. The summed E-state index contributed by atoms with van der Waals surface area (Å²) >= 11 is 0. The van der Waals surface area contributed by atoms with Crippen molar-refractivity contribution < 1.29 is 0 Å². The zero-order valence-corrected chi connectivity index (χ0v) is 13.7. The Kier molecular flexibility index (Phi) is 4.38. The molecule has 122 valence electrons. The van der Waals surface area contributed by atoms with Crippen LogP contribution in [0.3, 0.4) is 0 Å². The lowest BCUT2D eigenvalue weighted by Gasteiger charge is -2.31. The van der Waals surface area contributed by atoms with Gasteiger partial charge in [0.15, 0.2) is 0 Å². The second-order valence-electron chi connectivity index (χ2n) is 6.42. The second-order valence-corrected chi connectivity index (χ2v) is 6.42. The average Bonchev–Trinajstić information content (AvgIpc) is 3.16. The van der Waals surface area contributed by atoms with E-state index in [0.717, 1.165) is 31.2 Å². The van der Waals surface area contributed by atoms with Gasteiger partial charge in [-0.05, 0) is 49.5 Å². The van der Waals surface area contributed by atoms with E-state index >= 15 is 0 Å². The summed E-state index contributed by atoms with van der Waals surface area (Å²) < 4.78 is 0. The van der Waals surface area contributed by atoms with Gasteiger partial charge in [0, 0.05) is 24.2 Å². The van der Waals surface area contributed by atoms with Crippen molar-refractivity contribution in [3.63, 3.8) is 0 Å². The van der Waals surface area contributed by atoms with Crippen molar-refractivity contribution >= 4 is 0 Å². The number of H-pyrrole nitrogens is 1. The average molecular weight is 318 g/mol. The summed E-state index contributed by atoms with van der Waals surface area (Å²) in [6.45, 7) is 3.19. The molecule has 0 saturated carbocycles. The lowest BCUT2D eigenvalue weighted by molar-refractivity contribution is 0.200. The van der Waals surface area contributed by atoms with E-state index in [9.17, 15) is 0 Å². The number of hydrogen-bond donors (Lipinski definition) is 1. The van der Waals surface area contributed by atoms with Crippen LogP contribution in [0, 0.1) is 0 Å². The van der Waals surface area contributed by atoms with Gasteiger partial charge in [0.2, 0.25) is 0 Å². The molecular formula is C20H22N4. The molecule has 0 spiro atoms. The van der Waals surface area contributed by atoms with Gasteiger partial charge in [-0.25, -0.2) is 4.98 Å². The molecule has 4 nitrogen and oxygen atoms in total. The molecule has 1 saturated heterocycles. The molecule has 0 radical (unpaired) electrons. The van der Waals surface area contributed by atoms with E-state index in [1.807, 2.05) is 30.7 Å². The van der Waals surface area contributed by atoms with Gasteiger partial charge in [0.25, 0.3) is 0 Å². The number of nitrogens with one attached hydrogen (secondary N) is 1. The Labute approximate surface area is 142 Å². The van der Waals surface area contributed by atoms with E-state index in [1.54, 1.807) is 0 Å². The molecule has 1 fully saturated rings. The monoisotopic (exact) mass is 318 g/mol. The summed E-state index contributed by atoms with van der Waals surface area (Å²) in [5.41, 5.74) is 3.68. The van der Waals surface area contributed by atoms with E-state index < -0.39 is 0 Å². The lowest BCUT2D eigenvalue weighted by Crippen LogP contribution is -2.32. The number of pyridine rings is 1. The quantitative estimate of drug-likeness (QED) is 0.794. The van der Waals surface area contributed by atoms with Crippen molar-refractivity contribution in [1.82, 2.24) is 19.9 Å². The fourth-order valence-corrected chi connectivity index (χ4v) is 3.48. The zero-order valence-electron chi connectivity index (χ0n) is 13.7. The van der Waals surface area contributed by atoms with E-state index in [4.69, 9.17) is 0 Å². The molecule has 0 aliphatic carbocycles. The first-order valence-corrected chi connectivity index (χ1v) is 8.60. The number of imidazole rings is 1. The minimum atomic E-state index is 0.663. The van der Waals surface area contributed by atoms with Crippen molar-refractivity contribution in [2.45, 2.75) is 25.3 Å². The molecule has 1 aliphatic rings. The molecule has 4 heteroatoms. The summed E-state index contributed by atoms with van der Waals surface area (Å²) in [6.07, 6.45) is 7.99. The number of aromatic amines is 1. The summed E-state index contributed by atoms with van der Waals surface area (Å²) in [5.74, 6) is 1.73. The van der Waals surface area contributed by atoms with E-state index in [1.165, 1.54) is 24.0 Å². The van der Waals surface area contributed by atoms with Crippen LogP contribution in [0.5, 0.6) is 0 Å². The zero-order chi connectivity index (χ0) is 16.2. The Hall–Kier alpha value is -2.46. The molecule has 2 aromatic heterocycles. The van der Waals surface area contributed by atoms with Crippen LogP contribution in [0.2, 0.25) is 0 Å². The van der Waals surface area contributed by atoms with Crippen LogP contribution in [-0.2, 0) is 6.54 Å². The number of aromatic nitrogens is 3. The SMILES string of the molecule is c1ccc(-c2ccc(C3CCN(Cc4ncc[nH]4)CC3)cc2)nc1. The maximum atomic E-state index is 4.42. The molecule has 24 heavy (non-hydrogen) atoms. The molecule has 3 heterocycles. The van der Waals surface area contributed by atoms with E-state index in [-0.39, 0.29) is 0 Å². The predicted molar refractivity (Wildman–Crippen MR) is 95.5 cm³/mol. The fraction of sp³-hybridized carbons (Fsp3) is 0.300. The van der Waals surface area contributed by atoms with Crippen molar-refractivity contribution in [3.8, 4) is 11.3 Å². The second kappa shape index (κ2) is 6.97. The topological polar surface area (TPSA) is 44.8 Å². The highest BCUT2D eigenvalue weighted by atomic mass is 15.1. The summed E-state index contributed by atoms with van der Waals surface area (Å²) in [5, 5.41) is 0. The smallest absolute Gasteiger partial charge is 0.120 e. The van der Waals surface area contributed by atoms with Gasteiger partial charge in [0.1, 0.15) is 5.82 Å². The summed E-state index contributed by atoms with van der Waals surface area (Å²) in [7, 11) is 0. The van der Waals surface area contributed by atoms with Crippen LogP contribution in [0.4, 0.5) is 0 Å². The van der Waals surface area contributed by atoms with Gasteiger partial charge in [-0.3, -0.25) is 9.88 Å². The highest BCUT2D eigenvalue weighted by Crippen LogP contribution is 2.29. The van der Waals surface area contributed by atoms with Crippen LogP contribution in [0.15, 0.2) is 61.1 Å². The van der Waals surface area contributed by atoms with Crippen LogP contribution in [-0.4, -0.2) is 32.9 Å². The lowest BCUT2D eigenvalue weighted by atomic mass is 9.89. The van der Waals surface area contributed by atoms with Crippen LogP contribution < -0.4 is 0 Å². The molecule has 1 aromatic carbocycles. The maximum absolute atomic E-state index is 4.42. The van der Waals surface area contributed by atoms with E-state index in [2.05, 4.69) is 50.2 Å². The van der Waals surface area contributed by atoms with E-state index in [0.29, 0.717) is 5.92 Å². The van der Waals surface area contributed by atoms with Crippen LogP contribution in [0.25, 0.3) is 11.3 Å². The largest absolute Gasteiger partial charge is 0.348 e. The number of rotatable bonds is 4. The third kappa shape index (κ3) is 3.39. The first-order valence-electron chi connectivity index (χ1n) is 8.60. The van der Waals surface area contributed by atoms with Gasteiger partial charge < -0.3 is 4.98 Å². The molecule has 1 aliphatic heterocycles. The van der Waals surface area contributed by atoms with Gasteiger partial charge in [-0.2, -0.15) is 0 Å². The highest BCUT2D eigenvalue weighted by molar-refractivity contribution is 5.59. The molecule has 1 N–H and O–H groups in total. The first kappa shape index (κ1) is 15.1. The van der Waals surface area contributed by atoms with Crippen molar-refractivity contribution in [2.75, 3.05) is 13.1 Å². The van der Waals surface area contributed by atoms with Gasteiger partial charge in [-0.15, -0.1) is 0 Å². The summed E-state index contributed by atoms with van der Waals surface area (Å²) in [4.78, 5) is 14.4. The Bertz CT molecular complexity index is 742. The molecule has 0 atom stereocenters. The third-order valence-electron chi connectivity index (χ3n) is 4.86. The first-order chi connectivity index (χ1) is 11.9. The Morgan fingerprint density at radius 1 is 0.958 bits per heavy atom. The Morgan fingerprint density at radius 2 is 1.79 bits per heavy atom. The molecule has 0 unspecified atom stereocenters. The minimum Gasteiger partial charge on any atom is -0.348 e. The van der Waals surface area contributed by atoms with Gasteiger partial charge >= 0.3 is 0 Å². The normalized spacial score (nSPS) is 16.3. The minimum absolute atomic E-state index is 0.663. The molecular weight excluding hydrogens is 296 g/mol. The number of nitrogens with zero attached hydrogens (tertiary/aromatic N) is 3. The third-order valence-corrected chi connectivity index (χ3v) is 4.86. The van der Waals surface area contributed by atoms with Crippen molar-refractivity contribution in [1.29, 1.82) is 0 Å². The van der Waals surface area contributed by atoms with Gasteiger partial charge in [0.05, 0.1) is 12.2 Å². The summed E-state index contributed by atoms with van der Waals surface area (Å²) in [6, 6.07) is 15.0. The predicted octanol–water partition coefficient (Wildman–Crippen LogP) is 3.85. The fourth-order valence-electron chi connectivity index (χ4n) is 3.48. The van der Waals surface area contributed by atoms with Gasteiger partial charge in [-0.1, -0.05) is 30.3 Å². The molecule has 0 bridgehead atoms. The number of likely N-dealkylation sites (tertiary alicyclic amines) is 1. The standard InChI is InChI=1S/C20H22N4/c1-2-10-21-19(3-1)18-6-4-16(5-7-18)17-8-13-24(14-9-17)15-20-22-11-12-23-20/h1-7,10-12,17H,8-9,13-15H2,(H,22,23). The Balaban J connectivity index is 1.37.